The molecular formula is C8H12N2O4S2. The molecule has 0 heterocycles. The summed E-state index contributed by atoms with van der Waals surface area (Å²) in [5, 5.41) is 4.92. The predicted octanol–water partition coefficient (Wildman–Crippen LogP) is -0.449. The van der Waals surface area contributed by atoms with Gasteiger partial charge in [-0.05, 0) is 37.7 Å². The van der Waals surface area contributed by atoms with E-state index in [4.69, 9.17) is 5.14 Å². The molecule has 0 radical (unpaired) electrons. The molecule has 1 aromatic carbocycles. The maximum atomic E-state index is 11.5. The van der Waals surface area contributed by atoms with Crippen molar-refractivity contribution in [2.45, 2.75) is 16.7 Å². The molecule has 1 rings (SSSR count). The van der Waals surface area contributed by atoms with Crippen molar-refractivity contribution >= 4 is 20.0 Å². The second-order valence-corrected chi connectivity index (χ2v) is 6.60. The Labute approximate surface area is 94.6 Å². The van der Waals surface area contributed by atoms with Crippen molar-refractivity contribution in [1.82, 2.24) is 4.72 Å². The number of nitrogens with two attached hydrogens (primary N) is 1. The van der Waals surface area contributed by atoms with Crippen molar-refractivity contribution in [2.75, 3.05) is 7.05 Å². The molecule has 3 N–H and O–H groups in total. The Morgan fingerprint density at radius 2 is 1.75 bits per heavy atom. The van der Waals surface area contributed by atoms with Crippen LogP contribution >= 0.6 is 0 Å². The summed E-state index contributed by atoms with van der Waals surface area (Å²) in [5.74, 6) is 0. The van der Waals surface area contributed by atoms with Crippen LogP contribution in [0.1, 0.15) is 5.56 Å². The third-order valence-electron chi connectivity index (χ3n) is 2.03. The van der Waals surface area contributed by atoms with Crippen LogP contribution in [0, 0.1) is 6.92 Å². The first-order chi connectivity index (χ1) is 7.18. The van der Waals surface area contributed by atoms with E-state index in [1.54, 1.807) is 0 Å². The fraction of sp³-hybridized carbons (Fsp3) is 0.250. The molecule has 0 saturated heterocycles. The first-order valence-electron chi connectivity index (χ1n) is 4.25. The zero-order chi connectivity index (χ0) is 12.6. The number of rotatable bonds is 3. The van der Waals surface area contributed by atoms with E-state index in [0.717, 1.165) is 6.07 Å². The topological polar surface area (TPSA) is 106 Å². The average Bonchev–Trinajstić information content (AvgIpc) is 2.16. The molecule has 0 aliphatic rings. The SMILES string of the molecule is CNS(=O)(=O)c1ccc(S(N)(=O)=O)cc1C. The van der Waals surface area contributed by atoms with Crippen LogP contribution in [0.3, 0.4) is 0 Å². The standard InChI is InChI=1S/C8H12N2O4S2/c1-6-5-7(15(9,11)12)3-4-8(6)16(13,14)10-2/h3-5,10H,1-2H3,(H2,9,11,12). The van der Waals surface area contributed by atoms with Crippen LogP contribution in [-0.4, -0.2) is 23.9 Å². The lowest BCUT2D eigenvalue weighted by Gasteiger charge is -2.07. The van der Waals surface area contributed by atoms with E-state index < -0.39 is 20.0 Å². The highest BCUT2D eigenvalue weighted by atomic mass is 32.2. The van der Waals surface area contributed by atoms with Crippen LogP contribution in [-0.2, 0) is 20.0 Å². The molecule has 16 heavy (non-hydrogen) atoms. The quantitative estimate of drug-likeness (QED) is 0.771. The summed E-state index contributed by atoms with van der Waals surface area (Å²) < 4.78 is 47.2. The molecule has 0 fully saturated rings. The van der Waals surface area contributed by atoms with Gasteiger partial charge in [0.2, 0.25) is 20.0 Å². The van der Waals surface area contributed by atoms with E-state index in [2.05, 4.69) is 4.72 Å². The van der Waals surface area contributed by atoms with Crippen molar-refractivity contribution in [2.24, 2.45) is 5.14 Å². The van der Waals surface area contributed by atoms with Gasteiger partial charge in [-0.2, -0.15) is 0 Å². The Hall–Kier alpha value is -0.960. The van der Waals surface area contributed by atoms with Gasteiger partial charge < -0.3 is 0 Å². The molecule has 8 heteroatoms. The summed E-state index contributed by atoms with van der Waals surface area (Å²) in [5.41, 5.74) is 0.320. The van der Waals surface area contributed by atoms with Gasteiger partial charge >= 0.3 is 0 Å². The van der Waals surface area contributed by atoms with E-state index in [0.29, 0.717) is 5.56 Å². The lowest BCUT2D eigenvalue weighted by atomic mass is 10.2. The van der Waals surface area contributed by atoms with Gasteiger partial charge in [-0.15, -0.1) is 0 Å². The molecule has 0 unspecified atom stereocenters. The van der Waals surface area contributed by atoms with Gasteiger partial charge in [0.25, 0.3) is 0 Å². The lowest BCUT2D eigenvalue weighted by Crippen LogP contribution is -2.20. The Morgan fingerprint density at radius 1 is 1.19 bits per heavy atom. The number of nitrogens with one attached hydrogen (secondary N) is 1. The van der Waals surface area contributed by atoms with Crippen molar-refractivity contribution in [3.63, 3.8) is 0 Å². The molecule has 0 aliphatic heterocycles. The molecule has 0 aliphatic carbocycles. The summed E-state index contributed by atoms with van der Waals surface area (Å²) in [4.78, 5) is -0.0811. The van der Waals surface area contributed by atoms with Gasteiger partial charge in [0.1, 0.15) is 0 Å². The highest BCUT2D eigenvalue weighted by Gasteiger charge is 2.17. The smallest absolute Gasteiger partial charge is 0.225 e. The van der Waals surface area contributed by atoms with E-state index in [-0.39, 0.29) is 9.79 Å². The summed E-state index contributed by atoms with van der Waals surface area (Å²) in [7, 11) is -6.11. The molecule has 90 valence electrons. The summed E-state index contributed by atoms with van der Waals surface area (Å²) in [6.45, 7) is 1.50. The number of sulfonamides is 2. The van der Waals surface area contributed by atoms with Crippen LogP contribution in [0.5, 0.6) is 0 Å². The van der Waals surface area contributed by atoms with Crippen molar-refractivity contribution in [1.29, 1.82) is 0 Å². The Kier molecular flexibility index (Phi) is 3.38. The third kappa shape index (κ3) is 2.59. The van der Waals surface area contributed by atoms with E-state index in [1.165, 1.54) is 26.1 Å². The summed E-state index contributed by atoms with van der Waals surface area (Å²) in [6, 6.07) is 3.59. The zero-order valence-electron chi connectivity index (χ0n) is 8.76. The predicted molar refractivity (Wildman–Crippen MR) is 58.8 cm³/mol. The molecule has 0 aromatic heterocycles. The van der Waals surface area contributed by atoms with Crippen LogP contribution in [0.4, 0.5) is 0 Å². The minimum absolute atomic E-state index is 0.0300. The summed E-state index contributed by atoms with van der Waals surface area (Å²) in [6.07, 6.45) is 0. The van der Waals surface area contributed by atoms with Crippen LogP contribution < -0.4 is 9.86 Å². The van der Waals surface area contributed by atoms with Gasteiger partial charge in [0.05, 0.1) is 9.79 Å². The van der Waals surface area contributed by atoms with E-state index in [1.807, 2.05) is 0 Å². The molecule has 6 nitrogen and oxygen atoms in total. The zero-order valence-corrected chi connectivity index (χ0v) is 10.4. The maximum absolute atomic E-state index is 11.5. The minimum atomic E-state index is -3.81. The van der Waals surface area contributed by atoms with Gasteiger partial charge in [-0.25, -0.2) is 26.7 Å². The molecule has 1 aromatic rings. The fourth-order valence-corrected chi connectivity index (χ4v) is 2.76. The lowest BCUT2D eigenvalue weighted by molar-refractivity contribution is 0.586. The van der Waals surface area contributed by atoms with E-state index in [9.17, 15) is 16.8 Å². The van der Waals surface area contributed by atoms with Gasteiger partial charge in [-0.3, -0.25) is 0 Å². The Bertz CT molecular complexity index is 605. The van der Waals surface area contributed by atoms with E-state index >= 15 is 0 Å². The Balaban J connectivity index is 3.43. The highest BCUT2D eigenvalue weighted by molar-refractivity contribution is 7.89. The number of hydrogen-bond acceptors (Lipinski definition) is 4. The van der Waals surface area contributed by atoms with Crippen LogP contribution in [0.2, 0.25) is 0 Å². The molecule has 0 atom stereocenters. The van der Waals surface area contributed by atoms with Crippen molar-refractivity contribution in [3.8, 4) is 0 Å². The number of primary sulfonamides is 1. The first kappa shape index (κ1) is 13.1. The van der Waals surface area contributed by atoms with Gasteiger partial charge in [0, 0.05) is 0 Å². The number of hydrogen-bond donors (Lipinski definition) is 2. The summed E-state index contributed by atoms with van der Waals surface area (Å²) >= 11 is 0. The monoisotopic (exact) mass is 264 g/mol. The molecule has 0 bridgehead atoms. The van der Waals surface area contributed by atoms with Crippen LogP contribution in [0.25, 0.3) is 0 Å². The largest absolute Gasteiger partial charge is 0.240 e. The van der Waals surface area contributed by atoms with Gasteiger partial charge in [0.15, 0.2) is 0 Å². The first-order valence-corrected chi connectivity index (χ1v) is 7.28. The average molecular weight is 264 g/mol. The maximum Gasteiger partial charge on any atom is 0.240 e. The Morgan fingerprint density at radius 3 is 2.12 bits per heavy atom. The fourth-order valence-electron chi connectivity index (χ4n) is 1.21. The second kappa shape index (κ2) is 4.13. The third-order valence-corrected chi connectivity index (χ3v) is 4.52. The van der Waals surface area contributed by atoms with Gasteiger partial charge in [-0.1, -0.05) is 0 Å². The molecule has 0 saturated carbocycles. The molecular weight excluding hydrogens is 252 g/mol. The van der Waals surface area contributed by atoms with Crippen molar-refractivity contribution in [3.05, 3.63) is 23.8 Å². The normalized spacial score (nSPS) is 12.7. The molecule has 0 amide bonds. The highest BCUT2D eigenvalue weighted by Crippen LogP contribution is 2.18. The number of aryl methyl sites for hydroxylation is 1. The van der Waals surface area contributed by atoms with Crippen molar-refractivity contribution < 1.29 is 16.8 Å². The van der Waals surface area contributed by atoms with Crippen LogP contribution in [0.15, 0.2) is 28.0 Å². The molecule has 0 spiro atoms. The second-order valence-electron chi connectivity index (χ2n) is 3.18. The number of benzene rings is 1. The minimum Gasteiger partial charge on any atom is -0.225 e.